The number of rotatable bonds is 7. The number of nitrogens with one attached hydrogen (secondary N) is 2. The molecule has 136 valence electrons. The summed E-state index contributed by atoms with van der Waals surface area (Å²) in [5.74, 6) is -0.397. The van der Waals surface area contributed by atoms with E-state index >= 15 is 0 Å². The summed E-state index contributed by atoms with van der Waals surface area (Å²) < 4.78 is 26.7. The molecular formula is C18H18ClN3O3S. The Balaban J connectivity index is 2.14. The predicted octanol–water partition coefficient (Wildman–Crippen LogP) is 3.02. The molecule has 0 saturated carbocycles. The number of benzene rings is 2. The van der Waals surface area contributed by atoms with Crippen LogP contribution in [0.1, 0.15) is 35.3 Å². The molecule has 2 N–H and O–H groups in total. The molecule has 2 aromatic rings. The second-order valence-electron chi connectivity index (χ2n) is 5.58. The van der Waals surface area contributed by atoms with E-state index in [2.05, 4.69) is 10.0 Å². The average molecular weight is 392 g/mol. The molecule has 2 aromatic carbocycles. The van der Waals surface area contributed by atoms with E-state index in [1.54, 1.807) is 18.2 Å². The third-order valence-electron chi connectivity index (χ3n) is 3.63. The summed E-state index contributed by atoms with van der Waals surface area (Å²) in [6.45, 7) is 1.83. The first kappa shape index (κ1) is 19.9. The minimum Gasteiger partial charge on any atom is -0.346 e. The highest BCUT2D eigenvalue weighted by molar-refractivity contribution is 7.89. The van der Waals surface area contributed by atoms with E-state index < -0.39 is 15.9 Å². The van der Waals surface area contributed by atoms with Crippen LogP contribution in [0.3, 0.4) is 0 Å². The monoisotopic (exact) mass is 391 g/mol. The van der Waals surface area contributed by atoms with Crippen molar-refractivity contribution in [1.82, 2.24) is 10.0 Å². The zero-order valence-electron chi connectivity index (χ0n) is 14.1. The fraction of sp³-hybridized carbons (Fsp3) is 0.222. The van der Waals surface area contributed by atoms with Gasteiger partial charge in [-0.05, 0) is 42.8 Å². The summed E-state index contributed by atoms with van der Waals surface area (Å²) in [5, 5.41) is 11.9. The maximum absolute atomic E-state index is 12.5. The van der Waals surface area contributed by atoms with Crippen LogP contribution in [0.4, 0.5) is 0 Å². The molecule has 0 spiro atoms. The van der Waals surface area contributed by atoms with Crippen molar-refractivity contribution >= 4 is 27.5 Å². The van der Waals surface area contributed by atoms with Crippen LogP contribution in [0.2, 0.25) is 5.02 Å². The average Bonchev–Trinajstić information content (AvgIpc) is 2.62. The lowest BCUT2D eigenvalue weighted by molar-refractivity contribution is 0.0939. The van der Waals surface area contributed by atoms with Crippen LogP contribution >= 0.6 is 11.6 Å². The Kier molecular flexibility index (Phi) is 6.75. The van der Waals surface area contributed by atoms with Gasteiger partial charge in [0.1, 0.15) is 0 Å². The third kappa shape index (κ3) is 5.30. The largest absolute Gasteiger partial charge is 0.346 e. The number of carbonyl (C=O) groups is 1. The molecule has 1 amide bonds. The summed E-state index contributed by atoms with van der Waals surface area (Å²) in [4.78, 5) is 12.4. The van der Waals surface area contributed by atoms with Gasteiger partial charge in [-0.2, -0.15) is 5.26 Å². The summed E-state index contributed by atoms with van der Waals surface area (Å²) in [5.41, 5.74) is 1.06. The SMILES string of the molecule is C[C@@H](NC(=O)c1cccc(S(=O)(=O)NCCC#N)c1)c1cccc(Cl)c1. The van der Waals surface area contributed by atoms with Gasteiger partial charge in [-0.15, -0.1) is 0 Å². The van der Waals surface area contributed by atoms with Gasteiger partial charge in [-0.3, -0.25) is 4.79 Å². The molecule has 0 aliphatic carbocycles. The Hall–Kier alpha value is -2.40. The van der Waals surface area contributed by atoms with Crippen LogP contribution in [-0.4, -0.2) is 20.9 Å². The number of sulfonamides is 1. The van der Waals surface area contributed by atoms with E-state index in [1.165, 1.54) is 24.3 Å². The van der Waals surface area contributed by atoms with Crippen LogP contribution in [-0.2, 0) is 10.0 Å². The Bertz CT molecular complexity index is 939. The number of hydrogen-bond donors (Lipinski definition) is 2. The first-order chi connectivity index (χ1) is 12.3. The van der Waals surface area contributed by atoms with Crippen LogP contribution in [0.5, 0.6) is 0 Å². The predicted molar refractivity (Wildman–Crippen MR) is 99.2 cm³/mol. The fourth-order valence-corrected chi connectivity index (χ4v) is 3.54. The molecule has 0 bridgehead atoms. The molecule has 0 unspecified atom stereocenters. The minimum atomic E-state index is -3.77. The van der Waals surface area contributed by atoms with Gasteiger partial charge in [-0.25, -0.2) is 13.1 Å². The Morgan fingerprint density at radius 2 is 1.96 bits per heavy atom. The maximum atomic E-state index is 12.5. The Labute approximate surface area is 157 Å². The van der Waals surface area contributed by atoms with Gasteiger partial charge in [0.2, 0.25) is 10.0 Å². The lowest BCUT2D eigenvalue weighted by Gasteiger charge is -2.15. The summed E-state index contributed by atoms with van der Waals surface area (Å²) in [6.07, 6.45) is 0.0660. The molecule has 0 saturated heterocycles. The summed E-state index contributed by atoms with van der Waals surface area (Å²) in [6, 6.07) is 14.4. The van der Waals surface area contributed by atoms with Gasteiger partial charge in [0.05, 0.1) is 17.0 Å². The van der Waals surface area contributed by atoms with E-state index in [9.17, 15) is 13.2 Å². The van der Waals surface area contributed by atoms with Crippen molar-refractivity contribution in [3.63, 3.8) is 0 Å². The highest BCUT2D eigenvalue weighted by atomic mass is 35.5. The van der Waals surface area contributed by atoms with Gasteiger partial charge in [0.15, 0.2) is 0 Å². The fourth-order valence-electron chi connectivity index (χ4n) is 2.27. The molecule has 6 nitrogen and oxygen atoms in total. The van der Waals surface area contributed by atoms with Gasteiger partial charge in [0.25, 0.3) is 5.91 Å². The molecule has 0 aromatic heterocycles. The third-order valence-corrected chi connectivity index (χ3v) is 5.33. The molecule has 8 heteroatoms. The number of nitriles is 1. The molecule has 0 aliphatic heterocycles. The standard InChI is InChI=1S/C18H18ClN3O3S/c1-13(14-5-2-7-16(19)11-14)22-18(23)15-6-3-8-17(12-15)26(24,25)21-10-4-9-20/h2-3,5-8,11-13,21H,4,10H2,1H3,(H,22,23)/t13-/m1/s1. The van der Waals surface area contributed by atoms with Crippen LogP contribution < -0.4 is 10.0 Å². The van der Waals surface area contributed by atoms with E-state index in [0.717, 1.165) is 5.56 Å². The van der Waals surface area contributed by atoms with Crippen molar-refractivity contribution < 1.29 is 13.2 Å². The second kappa shape index (κ2) is 8.81. The smallest absolute Gasteiger partial charge is 0.251 e. The lowest BCUT2D eigenvalue weighted by atomic mass is 10.1. The van der Waals surface area contributed by atoms with Crippen molar-refractivity contribution in [2.75, 3.05) is 6.54 Å². The van der Waals surface area contributed by atoms with Crippen LogP contribution in [0.15, 0.2) is 53.4 Å². The summed E-state index contributed by atoms with van der Waals surface area (Å²) in [7, 11) is -3.77. The van der Waals surface area contributed by atoms with E-state index in [1.807, 2.05) is 19.1 Å². The van der Waals surface area contributed by atoms with Crippen LogP contribution in [0.25, 0.3) is 0 Å². The molecule has 0 aliphatic rings. The van der Waals surface area contributed by atoms with Crippen molar-refractivity contribution in [2.24, 2.45) is 0 Å². The lowest BCUT2D eigenvalue weighted by Crippen LogP contribution is -2.28. The molecule has 2 rings (SSSR count). The van der Waals surface area contributed by atoms with Gasteiger partial charge < -0.3 is 5.32 Å². The Morgan fingerprint density at radius 1 is 1.23 bits per heavy atom. The molecule has 0 heterocycles. The zero-order chi connectivity index (χ0) is 19.2. The second-order valence-corrected chi connectivity index (χ2v) is 7.79. The Morgan fingerprint density at radius 3 is 2.65 bits per heavy atom. The van der Waals surface area contributed by atoms with Crippen molar-refractivity contribution in [3.05, 3.63) is 64.7 Å². The number of nitrogens with zero attached hydrogens (tertiary/aromatic N) is 1. The highest BCUT2D eigenvalue weighted by Crippen LogP contribution is 2.18. The van der Waals surface area contributed by atoms with Gasteiger partial charge in [-0.1, -0.05) is 29.8 Å². The topological polar surface area (TPSA) is 99.1 Å². The number of carbonyl (C=O) groups excluding carboxylic acids is 1. The van der Waals surface area contributed by atoms with Crippen molar-refractivity contribution in [2.45, 2.75) is 24.3 Å². The zero-order valence-corrected chi connectivity index (χ0v) is 15.6. The number of amides is 1. The number of halogens is 1. The molecule has 26 heavy (non-hydrogen) atoms. The first-order valence-electron chi connectivity index (χ1n) is 7.86. The molecular weight excluding hydrogens is 374 g/mol. The quantitative estimate of drug-likeness (QED) is 0.708. The van der Waals surface area contributed by atoms with E-state index in [-0.39, 0.29) is 29.5 Å². The molecule has 1 atom stereocenters. The first-order valence-corrected chi connectivity index (χ1v) is 9.72. The molecule has 0 radical (unpaired) electrons. The highest BCUT2D eigenvalue weighted by Gasteiger charge is 2.17. The van der Waals surface area contributed by atoms with E-state index in [4.69, 9.17) is 16.9 Å². The number of hydrogen-bond acceptors (Lipinski definition) is 4. The molecule has 0 fully saturated rings. The summed E-state index contributed by atoms with van der Waals surface area (Å²) >= 11 is 5.96. The van der Waals surface area contributed by atoms with Gasteiger partial charge in [0, 0.05) is 23.6 Å². The van der Waals surface area contributed by atoms with E-state index in [0.29, 0.717) is 5.02 Å². The maximum Gasteiger partial charge on any atom is 0.251 e. The van der Waals surface area contributed by atoms with Crippen molar-refractivity contribution in [1.29, 1.82) is 5.26 Å². The van der Waals surface area contributed by atoms with Gasteiger partial charge >= 0.3 is 0 Å². The van der Waals surface area contributed by atoms with Crippen LogP contribution in [0, 0.1) is 11.3 Å². The minimum absolute atomic E-state index is 0.0149. The normalized spacial score (nSPS) is 12.2. The van der Waals surface area contributed by atoms with Crippen molar-refractivity contribution in [3.8, 4) is 6.07 Å².